The molecule has 0 aliphatic carbocycles. The van der Waals surface area contributed by atoms with Crippen LogP contribution in [0.4, 0.5) is 5.69 Å². The second-order valence-electron chi connectivity index (χ2n) is 7.09. The van der Waals surface area contributed by atoms with Crippen molar-refractivity contribution in [2.75, 3.05) is 18.1 Å². The number of para-hydroxylation sites is 1. The van der Waals surface area contributed by atoms with Crippen molar-refractivity contribution >= 4 is 29.2 Å². The predicted molar refractivity (Wildman–Crippen MR) is 122 cm³/mol. The van der Waals surface area contributed by atoms with Crippen molar-refractivity contribution in [3.63, 3.8) is 0 Å². The molecule has 31 heavy (non-hydrogen) atoms. The lowest BCUT2D eigenvalue weighted by Gasteiger charge is -2.38. The van der Waals surface area contributed by atoms with Gasteiger partial charge in [-0.2, -0.15) is 0 Å². The molecular weight excluding hydrogens is 414 g/mol. The molecule has 6 heteroatoms. The number of nitrogens with zero attached hydrogens (tertiary/aromatic N) is 1. The van der Waals surface area contributed by atoms with Gasteiger partial charge in [-0.05, 0) is 57.5 Å². The Hall–Kier alpha value is -3.05. The first-order chi connectivity index (χ1) is 14.9. The van der Waals surface area contributed by atoms with Crippen molar-refractivity contribution in [2.24, 2.45) is 0 Å². The molecule has 1 aliphatic rings. The number of allylic oxidation sites excluding steroid dienone is 2. The summed E-state index contributed by atoms with van der Waals surface area (Å²) in [5, 5.41) is 0.572. The molecule has 0 aromatic heterocycles. The minimum absolute atomic E-state index is 0.228. The van der Waals surface area contributed by atoms with Crippen LogP contribution in [0.25, 0.3) is 0 Å². The van der Waals surface area contributed by atoms with Crippen LogP contribution in [0.3, 0.4) is 0 Å². The van der Waals surface area contributed by atoms with Crippen LogP contribution < -0.4 is 4.90 Å². The van der Waals surface area contributed by atoms with Gasteiger partial charge in [0.25, 0.3) is 0 Å². The number of hydrogen-bond acceptors (Lipinski definition) is 5. The van der Waals surface area contributed by atoms with Gasteiger partial charge in [0.2, 0.25) is 0 Å². The minimum atomic E-state index is -0.629. The third kappa shape index (κ3) is 4.52. The maximum Gasteiger partial charge on any atom is 0.336 e. The van der Waals surface area contributed by atoms with Gasteiger partial charge < -0.3 is 14.4 Å². The highest BCUT2D eigenvalue weighted by atomic mass is 35.5. The van der Waals surface area contributed by atoms with E-state index in [9.17, 15) is 9.59 Å². The van der Waals surface area contributed by atoms with Gasteiger partial charge in [-0.3, -0.25) is 0 Å². The highest BCUT2D eigenvalue weighted by molar-refractivity contribution is 6.30. The van der Waals surface area contributed by atoms with Gasteiger partial charge in [0, 0.05) is 22.1 Å². The second kappa shape index (κ2) is 9.84. The normalized spacial score (nSPS) is 14.7. The molecule has 3 rings (SSSR count). The Balaban J connectivity index is 2.30. The molecule has 0 unspecified atom stereocenters. The van der Waals surface area contributed by atoms with Gasteiger partial charge in [0.15, 0.2) is 0 Å². The fourth-order valence-electron chi connectivity index (χ4n) is 3.96. The number of hydrogen-bond donors (Lipinski definition) is 0. The molecule has 0 saturated carbocycles. The van der Waals surface area contributed by atoms with E-state index in [2.05, 4.69) is 0 Å². The van der Waals surface area contributed by atoms with E-state index in [0.717, 1.165) is 11.3 Å². The molecule has 0 N–H and O–H groups in total. The van der Waals surface area contributed by atoms with Crippen molar-refractivity contribution in [1.29, 1.82) is 0 Å². The summed E-state index contributed by atoms with van der Waals surface area (Å²) in [7, 11) is 0. The molecule has 162 valence electrons. The van der Waals surface area contributed by atoms with Crippen molar-refractivity contribution < 1.29 is 19.1 Å². The van der Waals surface area contributed by atoms with E-state index in [1.807, 2.05) is 61.2 Å². The Morgan fingerprint density at radius 2 is 1.32 bits per heavy atom. The monoisotopic (exact) mass is 439 g/mol. The maximum atomic E-state index is 13.2. The maximum absolute atomic E-state index is 13.2. The summed E-state index contributed by atoms with van der Waals surface area (Å²) >= 11 is 6.09. The molecule has 1 aliphatic heterocycles. The summed E-state index contributed by atoms with van der Waals surface area (Å²) in [6.07, 6.45) is 0. The first kappa shape index (κ1) is 22.6. The third-order valence-electron chi connectivity index (χ3n) is 5.24. The van der Waals surface area contributed by atoms with Crippen LogP contribution in [0.2, 0.25) is 5.02 Å². The van der Waals surface area contributed by atoms with E-state index < -0.39 is 17.9 Å². The number of anilines is 1. The fourth-order valence-corrected chi connectivity index (χ4v) is 4.08. The summed E-state index contributed by atoms with van der Waals surface area (Å²) in [5.74, 6) is -1.55. The fraction of sp³-hybridized carbons (Fsp3) is 0.280. The largest absolute Gasteiger partial charge is 0.463 e. The SMILES string of the molecule is CCOC(=O)C1=C(C)N(c2ccccc2)C(C)=C(C(=O)OCC)C1c1ccc(Cl)cc1. The van der Waals surface area contributed by atoms with E-state index >= 15 is 0 Å². The van der Waals surface area contributed by atoms with Gasteiger partial charge >= 0.3 is 11.9 Å². The van der Waals surface area contributed by atoms with E-state index in [0.29, 0.717) is 27.6 Å². The zero-order valence-corrected chi connectivity index (χ0v) is 18.9. The van der Waals surface area contributed by atoms with Crippen molar-refractivity contribution in [3.05, 3.63) is 87.7 Å². The van der Waals surface area contributed by atoms with Crippen LogP contribution in [-0.4, -0.2) is 25.2 Å². The van der Waals surface area contributed by atoms with Gasteiger partial charge in [-0.15, -0.1) is 0 Å². The zero-order valence-electron chi connectivity index (χ0n) is 18.1. The van der Waals surface area contributed by atoms with Gasteiger partial charge in [0.05, 0.1) is 30.3 Å². The van der Waals surface area contributed by atoms with E-state index in [1.54, 1.807) is 26.0 Å². The summed E-state index contributed by atoms with van der Waals surface area (Å²) in [5.41, 5.74) is 3.83. The quantitative estimate of drug-likeness (QED) is 0.547. The zero-order chi connectivity index (χ0) is 22.5. The van der Waals surface area contributed by atoms with Crippen LogP contribution in [0.5, 0.6) is 0 Å². The Labute approximate surface area is 187 Å². The number of ether oxygens (including phenoxy) is 2. The summed E-state index contributed by atoms with van der Waals surface area (Å²) < 4.78 is 10.8. The molecule has 2 aromatic rings. The highest BCUT2D eigenvalue weighted by Crippen LogP contribution is 2.44. The molecule has 0 atom stereocenters. The lowest BCUT2D eigenvalue weighted by Crippen LogP contribution is -2.35. The Morgan fingerprint density at radius 3 is 1.77 bits per heavy atom. The Bertz CT molecular complexity index is 983. The summed E-state index contributed by atoms with van der Waals surface area (Å²) in [6.45, 7) is 7.71. The average molecular weight is 440 g/mol. The molecule has 0 saturated heterocycles. The molecule has 0 radical (unpaired) electrons. The number of esters is 2. The number of carbonyl (C=O) groups excluding carboxylic acids is 2. The van der Waals surface area contributed by atoms with Gasteiger partial charge in [-0.1, -0.05) is 41.9 Å². The first-order valence-corrected chi connectivity index (χ1v) is 10.6. The Morgan fingerprint density at radius 1 is 0.839 bits per heavy atom. The summed E-state index contributed by atoms with van der Waals surface area (Å²) in [4.78, 5) is 28.2. The van der Waals surface area contributed by atoms with Gasteiger partial charge in [-0.25, -0.2) is 9.59 Å². The lowest BCUT2D eigenvalue weighted by molar-refractivity contribution is -0.139. The molecule has 0 fully saturated rings. The van der Waals surface area contributed by atoms with Crippen molar-refractivity contribution in [2.45, 2.75) is 33.6 Å². The molecule has 1 heterocycles. The number of carbonyl (C=O) groups is 2. The number of halogens is 1. The molecule has 0 spiro atoms. The topological polar surface area (TPSA) is 55.8 Å². The van der Waals surface area contributed by atoms with Gasteiger partial charge in [0.1, 0.15) is 0 Å². The minimum Gasteiger partial charge on any atom is -0.463 e. The predicted octanol–water partition coefficient (Wildman–Crippen LogP) is 5.62. The third-order valence-corrected chi connectivity index (χ3v) is 5.49. The lowest BCUT2D eigenvalue weighted by atomic mass is 9.79. The second-order valence-corrected chi connectivity index (χ2v) is 7.53. The summed E-state index contributed by atoms with van der Waals surface area (Å²) in [6, 6.07) is 16.7. The number of benzene rings is 2. The molecule has 2 aromatic carbocycles. The molecular formula is C25H26ClNO4. The first-order valence-electron chi connectivity index (χ1n) is 10.3. The highest BCUT2D eigenvalue weighted by Gasteiger charge is 2.40. The molecule has 5 nitrogen and oxygen atoms in total. The average Bonchev–Trinajstić information content (AvgIpc) is 2.75. The molecule has 0 amide bonds. The van der Waals surface area contributed by atoms with E-state index in [4.69, 9.17) is 21.1 Å². The van der Waals surface area contributed by atoms with Crippen LogP contribution in [0.15, 0.2) is 77.1 Å². The smallest absolute Gasteiger partial charge is 0.336 e. The van der Waals surface area contributed by atoms with Crippen molar-refractivity contribution in [1.82, 2.24) is 0 Å². The van der Waals surface area contributed by atoms with Crippen molar-refractivity contribution in [3.8, 4) is 0 Å². The Kier molecular flexibility index (Phi) is 7.18. The van der Waals surface area contributed by atoms with E-state index in [-0.39, 0.29) is 13.2 Å². The van der Waals surface area contributed by atoms with Crippen LogP contribution in [0, 0.1) is 0 Å². The standard InChI is InChI=1S/C25H26ClNO4/c1-5-30-24(28)21-16(3)27(20-10-8-7-9-11-20)17(4)22(25(29)31-6-2)23(21)18-12-14-19(26)15-13-18/h7-15,23H,5-6H2,1-4H3. The number of rotatable bonds is 6. The van der Waals surface area contributed by atoms with Crippen LogP contribution in [0.1, 0.15) is 39.2 Å². The van der Waals surface area contributed by atoms with Crippen LogP contribution in [-0.2, 0) is 19.1 Å². The molecule has 0 bridgehead atoms. The van der Waals surface area contributed by atoms with E-state index in [1.165, 1.54) is 0 Å². The van der Waals surface area contributed by atoms with Crippen LogP contribution >= 0.6 is 11.6 Å².